The molecule has 1 heterocycles. The molecule has 0 amide bonds. The van der Waals surface area contributed by atoms with E-state index in [2.05, 4.69) is 65.9 Å². The van der Waals surface area contributed by atoms with E-state index in [-0.39, 0.29) is 16.4 Å². The van der Waals surface area contributed by atoms with Crippen LogP contribution in [0.3, 0.4) is 0 Å². The van der Waals surface area contributed by atoms with Gasteiger partial charge >= 0.3 is 0 Å². The average molecular weight is 471 g/mol. The largest absolute Gasteiger partial charge is 0.543 e. The van der Waals surface area contributed by atoms with Crippen LogP contribution in [0, 0.1) is 23.2 Å². The first kappa shape index (κ1) is 23.6. The molecule has 3 aliphatic carbocycles. The topological polar surface area (TPSA) is 44.8 Å². The van der Waals surface area contributed by atoms with E-state index in [0.29, 0.717) is 43.2 Å². The van der Waals surface area contributed by atoms with E-state index < -0.39 is 14.1 Å². The monoisotopic (exact) mass is 470 g/mol. The molecule has 4 unspecified atom stereocenters. The normalized spacial score (nSPS) is 35.7. The fraction of sp³-hybridized carbons (Fsp3) is 0.750. The molecule has 1 aromatic carbocycles. The molecule has 182 valence electrons. The van der Waals surface area contributed by atoms with Gasteiger partial charge in [0.15, 0.2) is 5.79 Å². The standard InChI is InChI=1S/C28H42O4Si/c1-26(2,3)33(6,7)32-19-9-11-20-18(16-19)8-10-21-22-12-13-24(28(5)30-14-15-31-28)27(22,4)17-23(29)25(20)21/h9,11,16,21-22,24-25H,8,10,12-15,17H2,1-7H3/t21?,22?,24?,25?,27-/m0/s1. The third kappa shape index (κ3) is 3.65. The van der Waals surface area contributed by atoms with Gasteiger partial charge in [-0.15, -0.1) is 0 Å². The maximum absolute atomic E-state index is 13.7. The van der Waals surface area contributed by atoms with Gasteiger partial charge in [0.2, 0.25) is 8.32 Å². The summed E-state index contributed by atoms with van der Waals surface area (Å²) < 4.78 is 18.8. The van der Waals surface area contributed by atoms with Crippen molar-refractivity contribution in [2.75, 3.05) is 13.2 Å². The summed E-state index contributed by atoms with van der Waals surface area (Å²) in [7, 11) is -1.89. The van der Waals surface area contributed by atoms with Crippen LogP contribution >= 0.6 is 0 Å². The second-order valence-electron chi connectivity index (χ2n) is 13.0. The van der Waals surface area contributed by atoms with Crippen molar-refractivity contribution in [3.05, 3.63) is 29.3 Å². The van der Waals surface area contributed by atoms with Crippen LogP contribution in [0.5, 0.6) is 5.75 Å². The molecule has 0 radical (unpaired) electrons. The fourth-order valence-electron chi connectivity index (χ4n) is 7.48. The number of rotatable bonds is 3. The molecule has 5 atom stereocenters. The average Bonchev–Trinajstić information content (AvgIpc) is 3.30. The lowest BCUT2D eigenvalue weighted by Gasteiger charge is -2.52. The van der Waals surface area contributed by atoms with Crippen molar-refractivity contribution in [1.82, 2.24) is 0 Å². The van der Waals surface area contributed by atoms with Gasteiger partial charge in [0.25, 0.3) is 0 Å². The summed E-state index contributed by atoms with van der Waals surface area (Å²) in [6, 6.07) is 6.58. The predicted molar refractivity (Wildman–Crippen MR) is 133 cm³/mol. The molecule has 2 saturated carbocycles. The Kier molecular flexibility index (Phi) is 5.47. The van der Waals surface area contributed by atoms with Crippen molar-refractivity contribution in [2.24, 2.45) is 23.2 Å². The first-order valence-corrected chi connectivity index (χ1v) is 15.9. The quantitative estimate of drug-likeness (QED) is 0.474. The minimum absolute atomic E-state index is 0.0276. The summed E-state index contributed by atoms with van der Waals surface area (Å²) in [5, 5.41) is 0.167. The third-order valence-electron chi connectivity index (χ3n) is 10.1. The van der Waals surface area contributed by atoms with Gasteiger partial charge in [-0.05, 0) is 91.2 Å². The molecule has 3 fully saturated rings. The van der Waals surface area contributed by atoms with Crippen LogP contribution in [-0.2, 0) is 20.7 Å². The SMILES string of the molecule is CC1(C2CCC3C4CCc5cc(O[Si](C)(C)C(C)(C)C)ccc5C4C(=O)C[C@@]32C)OCCO1. The number of hydrogen-bond acceptors (Lipinski definition) is 4. The lowest BCUT2D eigenvalue weighted by atomic mass is 9.53. The Morgan fingerprint density at radius 3 is 2.42 bits per heavy atom. The van der Waals surface area contributed by atoms with E-state index in [0.717, 1.165) is 25.0 Å². The fourth-order valence-corrected chi connectivity index (χ4v) is 8.50. The van der Waals surface area contributed by atoms with E-state index in [1.807, 2.05) is 0 Å². The van der Waals surface area contributed by atoms with Gasteiger partial charge in [0.05, 0.1) is 13.2 Å². The lowest BCUT2D eigenvalue weighted by Crippen LogP contribution is -2.52. The van der Waals surface area contributed by atoms with Crippen molar-refractivity contribution < 1.29 is 18.7 Å². The Bertz CT molecular complexity index is 942. The zero-order valence-corrected chi connectivity index (χ0v) is 22.6. The molecule has 1 aromatic rings. The van der Waals surface area contributed by atoms with Crippen LogP contribution in [0.25, 0.3) is 0 Å². The number of aryl methyl sites for hydroxylation is 1. The number of ketones is 1. The highest BCUT2D eigenvalue weighted by Crippen LogP contribution is 2.64. The molecule has 1 saturated heterocycles. The number of Topliss-reactive ketones (excluding diaryl/α,β-unsaturated/α-hetero) is 1. The molecular formula is C28H42O4Si. The Morgan fingerprint density at radius 2 is 1.76 bits per heavy atom. The molecule has 4 nitrogen and oxygen atoms in total. The van der Waals surface area contributed by atoms with Crippen LogP contribution < -0.4 is 4.43 Å². The molecule has 33 heavy (non-hydrogen) atoms. The van der Waals surface area contributed by atoms with Gasteiger partial charge in [-0.2, -0.15) is 0 Å². The Morgan fingerprint density at radius 1 is 1.06 bits per heavy atom. The molecule has 5 heteroatoms. The summed E-state index contributed by atoms with van der Waals surface area (Å²) in [6.45, 7) is 17.2. The minimum atomic E-state index is -1.89. The summed E-state index contributed by atoms with van der Waals surface area (Å²) >= 11 is 0. The second kappa shape index (κ2) is 7.66. The summed E-state index contributed by atoms with van der Waals surface area (Å²) in [4.78, 5) is 13.7. The molecule has 0 bridgehead atoms. The highest BCUT2D eigenvalue weighted by molar-refractivity contribution is 6.74. The van der Waals surface area contributed by atoms with Crippen LogP contribution in [0.2, 0.25) is 18.1 Å². The summed E-state index contributed by atoms with van der Waals surface area (Å²) in [6.07, 6.45) is 5.06. The highest BCUT2D eigenvalue weighted by Gasteiger charge is 2.62. The number of benzene rings is 1. The van der Waals surface area contributed by atoms with E-state index >= 15 is 0 Å². The van der Waals surface area contributed by atoms with Crippen molar-refractivity contribution in [2.45, 2.75) is 96.6 Å². The van der Waals surface area contributed by atoms with E-state index in [1.165, 1.54) is 17.5 Å². The Labute approximate surface area is 200 Å². The van der Waals surface area contributed by atoms with Crippen molar-refractivity contribution in [3.8, 4) is 5.75 Å². The third-order valence-corrected chi connectivity index (χ3v) is 14.5. The van der Waals surface area contributed by atoms with Crippen LogP contribution in [0.15, 0.2) is 18.2 Å². The molecule has 0 N–H and O–H groups in total. The summed E-state index contributed by atoms with van der Waals surface area (Å²) in [5.74, 6) is 2.22. The molecule has 5 rings (SSSR count). The highest BCUT2D eigenvalue weighted by atomic mass is 28.4. The molecule has 1 aliphatic heterocycles. The van der Waals surface area contributed by atoms with Gasteiger partial charge in [-0.1, -0.05) is 33.8 Å². The van der Waals surface area contributed by atoms with Crippen LogP contribution in [0.4, 0.5) is 0 Å². The van der Waals surface area contributed by atoms with Gasteiger partial charge in [-0.3, -0.25) is 4.79 Å². The molecule has 0 spiro atoms. The Balaban J connectivity index is 1.42. The maximum atomic E-state index is 13.7. The van der Waals surface area contributed by atoms with Gasteiger partial charge in [0, 0.05) is 18.3 Å². The van der Waals surface area contributed by atoms with Crippen LogP contribution in [0.1, 0.15) is 77.3 Å². The number of hydrogen-bond donors (Lipinski definition) is 0. The first-order chi connectivity index (χ1) is 15.4. The van der Waals surface area contributed by atoms with Crippen LogP contribution in [-0.4, -0.2) is 33.1 Å². The van der Waals surface area contributed by atoms with Gasteiger partial charge in [-0.25, -0.2) is 0 Å². The lowest BCUT2D eigenvalue weighted by molar-refractivity contribution is -0.210. The summed E-state index contributed by atoms with van der Waals surface area (Å²) in [5.41, 5.74) is 2.57. The smallest absolute Gasteiger partial charge is 0.250 e. The Hall–Kier alpha value is -1.17. The number of ether oxygens (including phenoxy) is 2. The van der Waals surface area contributed by atoms with Crippen molar-refractivity contribution in [1.29, 1.82) is 0 Å². The van der Waals surface area contributed by atoms with Gasteiger partial charge in [0.1, 0.15) is 11.5 Å². The molecule has 4 aliphatic rings. The van der Waals surface area contributed by atoms with E-state index in [1.54, 1.807) is 0 Å². The van der Waals surface area contributed by atoms with Crippen molar-refractivity contribution in [3.63, 3.8) is 0 Å². The molecular weight excluding hydrogens is 428 g/mol. The van der Waals surface area contributed by atoms with E-state index in [4.69, 9.17) is 13.9 Å². The number of carbonyl (C=O) groups is 1. The molecule has 0 aromatic heterocycles. The number of carbonyl (C=O) groups excluding carboxylic acids is 1. The zero-order chi connectivity index (χ0) is 23.8. The number of fused-ring (bicyclic) bond motifs is 5. The van der Waals surface area contributed by atoms with E-state index in [9.17, 15) is 4.79 Å². The predicted octanol–water partition coefficient (Wildman–Crippen LogP) is 6.48. The first-order valence-electron chi connectivity index (χ1n) is 13.0. The van der Waals surface area contributed by atoms with Gasteiger partial charge < -0.3 is 13.9 Å². The second-order valence-corrected chi connectivity index (χ2v) is 17.7. The zero-order valence-electron chi connectivity index (χ0n) is 21.6. The van der Waals surface area contributed by atoms with Crippen molar-refractivity contribution >= 4 is 14.1 Å². The maximum Gasteiger partial charge on any atom is 0.250 e. The minimum Gasteiger partial charge on any atom is -0.543 e.